The average molecular weight is 253 g/mol. The number of rotatable bonds is 0. The fourth-order valence-corrected chi connectivity index (χ4v) is 3.04. The van der Waals surface area contributed by atoms with Gasteiger partial charge in [0, 0.05) is 25.9 Å². The Morgan fingerprint density at radius 3 is 2.61 bits per heavy atom. The summed E-state index contributed by atoms with van der Waals surface area (Å²) in [7, 11) is 0. The molecule has 1 saturated carbocycles. The van der Waals surface area contributed by atoms with Gasteiger partial charge in [-0.3, -0.25) is 4.79 Å². The van der Waals surface area contributed by atoms with Crippen molar-refractivity contribution in [2.75, 3.05) is 13.1 Å². The largest absolute Gasteiger partial charge is 0.444 e. The second-order valence-electron chi connectivity index (χ2n) is 6.72. The van der Waals surface area contributed by atoms with Crippen LogP contribution in [-0.2, 0) is 9.53 Å². The van der Waals surface area contributed by atoms with Crippen molar-refractivity contribution in [2.24, 2.45) is 5.41 Å². The number of amides is 1. The van der Waals surface area contributed by atoms with Crippen LogP contribution in [0.1, 0.15) is 52.9 Å². The van der Waals surface area contributed by atoms with Crippen LogP contribution in [0.5, 0.6) is 0 Å². The van der Waals surface area contributed by atoms with Crippen LogP contribution in [0, 0.1) is 5.41 Å². The average Bonchev–Trinajstić information content (AvgIpc) is 2.57. The Bertz CT molecular complexity index is 359. The van der Waals surface area contributed by atoms with Gasteiger partial charge >= 0.3 is 6.09 Å². The Labute approximate surface area is 109 Å². The van der Waals surface area contributed by atoms with E-state index in [9.17, 15) is 9.59 Å². The monoisotopic (exact) mass is 253 g/mol. The normalized spacial score (nSPS) is 28.8. The highest BCUT2D eigenvalue weighted by Gasteiger charge is 2.43. The van der Waals surface area contributed by atoms with Gasteiger partial charge in [0.05, 0.1) is 0 Å². The summed E-state index contributed by atoms with van der Waals surface area (Å²) in [6.07, 6.45) is 4.07. The summed E-state index contributed by atoms with van der Waals surface area (Å²) >= 11 is 0. The lowest BCUT2D eigenvalue weighted by molar-refractivity contribution is -0.118. The first-order chi connectivity index (χ1) is 8.30. The quantitative estimate of drug-likeness (QED) is 0.667. The van der Waals surface area contributed by atoms with Crippen molar-refractivity contribution in [3.63, 3.8) is 0 Å². The van der Waals surface area contributed by atoms with E-state index in [0.29, 0.717) is 25.2 Å². The van der Waals surface area contributed by atoms with Crippen molar-refractivity contribution in [1.82, 2.24) is 4.90 Å². The van der Waals surface area contributed by atoms with Crippen LogP contribution in [0.2, 0.25) is 0 Å². The molecule has 1 aliphatic heterocycles. The number of hydrogen-bond donors (Lipinski definition) is 0. The van der Waals surface area contributed by atoms with Crippen LogP contribution >= 0.6 is 0 Å². The predicted octanol–water partition coefficient (Wildman–Crippen LogP) is 2.76. The highest BCUT2D eigenvalue weighted by Crippen LogP contribution is 2.43. The van der Waals surface area contributed by atoms with E-state index in [1.165, 1.54) is 0 Å². The molecule has 102 valence electrons. The molecular weight excluding hydrogens is 230 g/mol. The lowest BCUT2D eigenvalue weighted by Gasteiger charge is -2.40. The van der Waals surface area contributed by atoms with E-state index in [4.69, 9.17) is 4.74 Å². The zero-order chi connectivity index (χ0) is 13.4. The Hall–Kier alpha value is -1.06. The Morgan fingerprint density at radius 2 is 2.06 bits per heavy atom. The standard InChI is InChI=1S/C14H23NO3/c1-13(2,3)18-12(17)15-8-4-6-14(10-15)7-5-11(16)9-14/h4-10H2,1-3H3. The molecule has 1 saturated heterocycles. The first-order valence-corrected chi connectivity index (χ1v) is 6.79. The van der Waals surface area contributed by atoms with Gasteiger partial charge in [-0.25, -0.2) is 4.79 Å². The molecule has 1 atom stereocenters. The molecule has 1 heterocycles. The fraction of sp³-hybridized carbons (Fsp3) is 0.857. The summed E-state index contributed by atoms with van der Waals surface area (Å²) in [5, 5.41) is 0. The number of nitrogens with zero attached hydrogens (tertiary/aromatic N) is 1. The van der Waals surface area contributed by atoms with E-state index in [1.807, 2.05) is 20.8 Å². The molecule has 1 spiro atoms. The Morgan fingerprint density at radius 1 is 1.33 bits per heavy atom. The zero-order valence-electron chi connectivity index (χ0n) is 11.6. The molecule has 0 N–H and O–H groups in total. The second-order valence-corrected chi connectivity index (χ2v) is 6.72. The third-order valence-electron chi connectivity index (χ3n) is 3.82. The molecule has 0 aromatic rings. The van der Waals surface area contributed by atoms with E-state index in [2.05, 4.69) is 0 Å². The summed E-state index contributed by atoms with van der Waals surface area (Å²) in [5.74, 6) is 0.348. The highest BCUT2D eigenvalue weighted by molar-refractivity contribution is 5.81. The van der Waals surface area contributed by atoms with Crippen molar-refractivity contribution in [1.29, 1.82) is 0 Å². The summed E-state index contributed by atoms with van der Waals surface area (Å²) in [4.78, 5) is 25.3. The molecule has 2 rings (SSSR count). The number of ketones is 1. The van der Waals surface area contributed by atoms with Gasteiger partial charge in [0.2, 0.25) is 0 Å². The summed E-state index contributed by atoms with van der Waals surface area (Å²) in [6.45, 7) is 7.08. The molecule has 2 aliphatic rings. The molecule has 4 nitrogen and oxygen atoms in total. The minimum absolute atomic E-state index is 0.0479. The first-order valence-electron chi connectivity index (χ1n) is 6.79. The molecule has 1 unspecified atom stereocenters. The van der Waals surface area contributed by atoms with Gasteiger partial charge < -0.3 is 9.64 Å². The third-order valence-corrected chi connectivity index (χ3v) is 3.82. The molecule has 0 bridgehead atoms. The van der Waals surface area contributed by atoms with Gasteiger partial charge in [-0.1, -0.05) is 0 Å². The fourth-order valence-electron chi connectivity index (χ4n) is 3.04. The van der Waals surface area contributed by atoms with E-state index in [-0.39, 0.29) is 11.5 Å². The van der Waals surface area contributed by atoms with Gasteiger partial charge in [-0.2, -0.15) is 0 Å². The van der Waals surface area contributed by atoms with Crippen LogP contribution in [0.25, 0.3) is 0 Å². The lowest BCUT2D eigenvalue weighted by atomic mass is 9.78. The lowest BCUT2D eigenvalue weighted by Crippen LogP contribution is -2.47. The van der Waals surface area contributed by atoms with Crippen molar-refractivity contribution >= 4 is 11.9 Å². The van der Waals surface area contributed by atoms with Crippen molar-refractivity contribution in [3.8, 4) is 0 Å². The molecule has 0 aromatic heterocycles. The van der Waals surface area contributed by atoms with E-state index >= 15 is 0 Å². The highest BCUT2D eigenvalue weighted by atomic mass is 16.6. The van der Waals surface area contributed by atoms with Crippen molar-refractivity contribution in [3.05, 3.63) is 0 Å². The maximum atomic E-state index is 12.1. The van der Waals surface area contributed by atoms with Crippen molar-refractivity contribution < 1.29 is 14.3 Å². The van der Waals surface area contributed by atoms with Crippen molar-refractivity contribution in [2.45, 2.75) is 58.5 Å². The predicted molar refractivity (Wildman–Crippen MR) is 68.3 cm³/mol. The number of likely N-dealkylation sites (tertiary alicyclic amines) is 1. The second kappa shape index (κ2) is 4.56. The molecule has 18 heavy (non-hydrogen) atoms. The van der Waals surface area contributed by atoms with Crippen LogP contribution in [0.3, 0.4) is 0 Å². The molecule has 0 aromatic carbocycles. The molecule has 2 fully saturated rings. The number of Topliss-reactive ketones (excluding diaryl/α,β-unsaturated/α-hetero) is 1. The van der Waals surface area contributed by atoms with E-state index in [0.717, 1.165) is 25.8 Å². The minimum atomic E-state index is -0.451. The van der Waals surface area contributed by atoms with Gasteiger partial charge in [-0.05, 0) is 45.4 Å². The van der Waals surface area contributed by atoms with Crippen LogP contribution in [0.15, 0.2) is 0 Å². The van der Waals surface area contributed by atoms with Crippen LogP contribution in [0.4, 0.5) is 4.79 Å². The zero-order valence-corrected chi connectivity index (χ0v) is 11.6. The van der Waals surface area contributed by atoms with Crippen LogP contribution in [-0.4, -0.2) is 35.5 Å². The molecule has 1 amide bonds. The summed E-state index contributed by atoms with van der Waals surface area (Å²) in [6, 6.07) is 0. The molecular formula is C14H23NO3. The number of carbonyl (C=O) groups excluding carboxylic acids is 2. The SMILES string of the molecule is CC(C)(C)OC(=O)N1CCCC2(CCC(=O)C2)C1. The molecule has 0 radical (unpaired) electrons. The van der Waals surface area contributed by atoms with E-state index < -0.39 is 5.60 Å². The van der Waals surface area contributed by atoms with Crippen LogP contribution < -0.4 is 0 Å². The minimum Gasteiger partial charge on any atom is -0.444 e. The van der Waals surface area contributed by atoms with Gasteiger partial charge in [0.15, 0.2) is 0 Å². The van der Waals surface area contributed by atoms with Gasteiger partial charge in [0.25, 0.3) is 0 Å². The van der Waals surface area contributed by atoms with Gasteiger partial charge in [-0.15, -0.1) is 0 Å². The maximum absolute atomic E-state index is 12.1. The smallest absolute Gasteiger partial charge is 0.410 e. The molecule has 4 heteroatoms. The summed E-state index contributed by atoms with van der Waals surface area (Å²) < 4.78 is 5.41. The number of ether oxygens (including phenoxy) is 1. The summed E-state index contributed by atoms with van der Waals surface area (Å²) in [5.41, 5.74) is -0.403. The maximum Gasteiger partial charge on any atom is 0.410 e. The Kier molecular flexibility index (Phi) is 3.39. The number of piperidine rings is 1. The number of carbonyl (C=O) groups is 2. The topological polar surface area (TPSA) is 46.6 Å². The van der Waals surface area contributed by atoms with E-state index in [1.54, 1.807) is 4.90 Å². The third kappa shape index (κ3) is 3.03. The first kappa shape index (κ1) is 13.4. The Balaban J connectivity index is 1.99. The number of hydrogen-bond acceptors (Lipinski definition) is 3. The van der Waals surface area contributed by atoms with Gasteiger partial charge in [0.1, 0.15) is 11.4 Å². The molecule has 1 aliphatic carbocycles.